The van der Waals surface area contributed by atoms with Gasteiger partial charge < -0.3 is 14.9 Å². The van der Waals surface area contributed by atoms with Gasteiger partial charge in [-0.15, -0.1) is 0 Å². The molecule has 1 aromatic rings. The quantitative estimate of drug-likeness (QED) is 0.893. The van der Waals surface area contributed by atoms with Crippen molar-refractivity contribution in [3.63, 3.8) is 0 Å². The third kappa shape index (κ3) is 2.11. The van der Waals surface area contributed by atoms with Gasteiger partial charge in [0.2, 0.25) is 5.91 Å². The molecule has 0 spiro atoms. The molecular formula is C14H17FN2O3. The van der Waals surface area contributed by atoms with Gasteiger partial charge in [0, 0.05) is 20.1 Å². The molecule has 20 heavy (non-hydrogen) atoms. The molecule has 0 bridgehead atoms. The summed E-state index contributed by atoms with van der Waals surface area (Å²) < 4.78 is 13.8. The van der Waals surface area contributed by atoms with Crippen molar-refractivity contribution in [2.24, 2.45) is 0 Å². The summed E-state index contributed by atoms with van der Waals surface area (Å²) in [5, 5.41) is 9.20. The maximum Gasteiger partial charge on any atom is 0.340 e. The highest BCUT2D eigenvalue weighted by molar-refractivity contribution is 5.97. The maximum atomic E-state index is 13.8. The van der Waals surface area contributed by atoms with Crippen LogP contribution in [-0.2, 0) is 4.79 Å². The minimum Gasteiger partial charge on any atom is -0.478 e. The van der Waals surface area contributed by atoms with Gasteiger partial charge in [0.25, 0.3) is 0 Å². The van der Waals surface area contributed by atoms with Crippen molar-refractivity contribution in [3.05, 3.63) is 29.6 Å². The van der Waals surface area contributed by atoms with E-state index in [1.807, 2.05) is 0 Å². The number of hydrogen-bond donors (Lipinski definition) is 1. The van der Waals surface area contributed by atoms with Crippen LogP contribution in [0.3, 0.4) is 0 Å². The van der Waals surface area contributed by atoms with E-state index in [0.717, 1.165) is 6.07 Å². The highest BCUT2D eigenvalue weighted by Crippen LogP contribution is 2.32. The number of hydrogen-bond acceptors (Lipinski definition) is 3. The Bertz CT molecular complexity index is 572. The van der Waals surface area contributed by atoms with E-state index in [9.17, 15) is 19.1 Å². The van der Waals surface area contributed by atoms with Crippen LogP contribution in [0, 0.1) is 5.82 Å². The fourth-order valence-electron chi connectivity index (χ4n) is 2.58. The van der Waals surface area contributed by atoms with Crippen molar-refractivity contribution in [1.82, 2.24) is 4.90 Å². The number of carbonyl (C=O) groups excluding carboxylic acids is 1. The minimum atomic E-state index is -1.33. The predicted octanol–water partition coefficient (Wildman–Crippen LogP) is 1.58. The Morgan fingerprint density at radius 1 is 1.35 bits per heavy atom. The molecule has 6 heteroatoms. The van der Waals surface area contributed by atoms with Gasteiger partial charge in [-0.1, -0.05) is 6.07 Å². The first-order valence-corrected chi connectivity index (χ1v) is 6.32. The molecule has 1 aliphatic heterocycles. The summed E-state index contributed by atoms with van der Waals surface area (Å²) in [6.07, 6.45) is 0. The molecule has 0 saturated carbocycles. The molecule has 0 unspecified atom stereocenters. The number of nitrogens with zero attached hydrogens (tertiary/aromatic N) is 2. The van der Waals surface area contributed by atoms with Crippen LogP contribution in [0.2, 0.25) is 0 Å². The van der Waals surface area contributed by atoms with E-state index in [0.29, 0.717) is 13.1 Å². The molecule has 1 amide bonds. The van der Waals surface area contributed by atoms with Crippen LogP contribution in [0.25, 0.3) is 0 Å². The fraction of sp³-hybridized carbons (Fsp3) is 0.429. The molecule has 1 aliphatic rings. The van der Waals surface area contributed by atoms with E-state index < -0.39 is 22.9 Å². The molecule has 0 atom stereocenters. The van der Waals surface area contributed by atoms with Crippen molar-refractivity contribution in [2.45, 2.75) is 19.4 Å². The van der Waals surface area contributed by atoms with Crippen molar-refractivity contribution < 1.29 is 19.1 Å². The van der Waals surface area contributed by atoms with E-state index in [-0.39, 0.29) is 11.6 Å². The lowest BCUT2D eigenvalue weighted by atomic mass is 9.95. The zero-order valence-corrected chi connectivity index (χ0v) is 11.7. The number of likely N-dealkylation sites (N-methyl/N-ethyl adjacent to an activating group) is 1. The molecule has 108 valence electrons. The third-order valence-corrected chi connectivity index (χ3v) is 3.70. The lowest BCUT2D eigenvalue weighted by Gasteiger charge is -2.46. The number of rotatable bonds is 2. The van der Waals surface area contributed by atoms with Crippen LogP contribution < -0.4 is 4.90 Å². The SMILES string of the molecule is CN1CCN(c2cccc(F)c2C(=O)O)C(C)(C)C1=O. The Balaban J connectivity index is 2.54. The van der Waals surface area contributed by atoms with Crippen LogP contribution in [-0.4, -0.2) is 47.6 Å². The van der Waals surface area contributed by atoms with Crippen LogP contribution in [0.1, 0.15) is 24.2 Å². The lowest BCUT2D eigenvalue weighted by molar-refractivity contribution is -0.136. The fourth-order valence-corrected chi connectivity index (χ4v) is 2.58. The summed E-state index contributed by atoms with van der Waals surface area (Å²) in [4.78, 5) is 26.8. The molecule has 1 fully saturated rings. The van der Waals surface area contributed by atoms with Gasteiger partial charge in [-0.25, -0.2) is 9.18 Å². The standard InChI is InChI=1S/C14H17FN2O3/c1-14(2)13(20)16(3)7-8-17(14)10-6-4-5-9(15)11(10)12(18)19/h4-6H,7-8H2,1-3H3,(H,18,19). The number of amides is 1. The Morgan fingerprint density at radius 3 is 2.60 bits per heavy atom. The summed E-state index contributed by atoms with van der Waals surface area (Å²) in [5.74, 6) is -2.25. The Morgan fingerprint density at radius 2 is 2.00 bits per heavy atom. The second-order valence-corrected chi connectivity index (χ2v) is 5.38. The van der Waals surface area contributed by atoms with Crippen molar-refractivity contribution in [2.75, 3.05) is 25.0 Å². The number of piperazine rings is 1. The van der Waals surface area contributed by atoms with E-state index in [2.05, 4.69) is 0 Å². The summed E-state index contributed by atoms with van der Waals surface area (Å²) in [7, 11) is 1.70. The van der Waals surface area contributed by atoms with E-state index >= 15 is 0 Å². The van der Waals surface area contributed by atoms with Gasteiger partial charge in [-0.3, -0.25) is 4.79 Å². The van der Waals surface area contributed by atoms with E-state index in [1.54, 1.807) is 30.7 Å². The third-order valence-electron chi connectivity index (χ3n) is 3.70. The number of carboxylic acids is 1. The van der Waals surface area contributed by atoms with Gasteiger partial charge in [-0.2, -0.15) is 0 Å². The Hall–Kier alpha value is -2.11. The average Bonchev–Trinajstić information content (AvgIpc) is 2.35. The summed E-state index contributed by atoms with van der Waals surface area (Å²) >= 11 is 0. The van der Waals surface area contributed by atoms with Gasteiger partial charge in [0.05, 0.1) is 5.69 Å². The lowest BCUT2D eigenvalue weighted by Crippen LogP contribution is -2.62. The smallest absolute Gasteiger partial charge is 0.340 e. The number of aromatic carboxylic acids is 1. The van der Waals surface area contributed by atoms with Crippen LogP contribution in [0.5, 0.6) is 0 Å². The highest BCUT2D eigenvalue weighted by Gasteiger charge is 2.42. The molecule has 1 saturated heterocycles. The zero-order valence-electron chi connectivity index (χ0n) is 11.7. The molecule has 5 nitrogen and oxygen atoms in total. The minimum absolute atomic E-state index is 0.121. The maximum absolute atomic E-state index is 13.8. The van der Waals surface area contributed by atoms with Crippen molar-refractivity contribution in [1.29, 1.82) is 0 Å². The molecule has 1 aromatic carbocycles. The molecule has 0 aliphatic carbocycles. The molecule has 1 heterocycles. The normalized spacial score (nSPS) is 18.3. The van der Waals surface area contributed by atoms with Crippen molar-refractivity contribution >= 4 is 17.6 Å². The van der Waals surface area contributed by atoms with Gasteiger partial charge in [-0.05, 0) is 26.0 Å². The number of anilines is 1. The molecule has 2 rings (SSSR count). The topological polar surface area (TPSA) is 60.9 Å². The average molecular weight is 280 g/mol. The Kier molecular flexibility index (Phi) is 3.41. The summed E-state index contributed by atoms with van der Waals surface area (Å²) in [6.45, 7) is 4.35. The van der Waals surface area contributed by atoms with E-state index in [1.165, 1.54) is 12.1 Å². The van der Waals surface area contributed by atoms with Crippen molar-refractivity contribution in [3.8, 4) is 0 Å². The first-order chi connectivity index (χ1) is 9.26. The van der Waals surface area contributed by atoms with Crippen LogP contribution in [0.4, 0.5) is 10.1 Å². The first kappa shape index (κ1) is 14.3. The largest absolute Gasteiger partial charge is 0.478 e. The Labute approximate surface area is 116 Å². The van der Waals surface area contributed by atoms with Gasteiger partial charge in [0.15, 0.2) is 0 Å². The zero-order chi connectivity index (χ0) is 15.1. The second kappa shape index (κ2) is 4.77. The van der Waals surface area contributed by atoms with Crippen LogP contribution in [0.15, 0.2) is 18.2 Å². The number of carbonyl (C=O) groups is 2. The number of halogens is 1. The van der Waals surface area contributed by atoms with Crippen LogP contribution >= 0.6 is 0 Å². The molecule has 0 aromatic heterocycles. The summed E-state index contributed by atoms with van der Waals surface area (Å²) in [6, 6.07) is 4.10. The molecule has 1 N–H and O–H groups in total. The number of benzene rings is 1. The van der Waals surface area contributed by atoms with Gasteiger partial charge >= 0.3 is 5.97 Å². The monoisotopic (exact) mass is 280 g/mol. The summed E-state index contributed by atoms with van der Waals surface area (Å²) in [5.41, 5.74) is -1.06. The first-order valence-electron chi connectivity index (χ1n) is 6.32. The van der Waals surface area contributed by atoms with E-state index in [4.69, 9.17) is 0 Å². The molecule has 0 radical (unpaired) electrons. The number of carboxylic acid groups (broad SMARTS) is 1. The highest BCUT2D eigenvalue weighted by atomic mass is 19.1. The van der Waals surface area contributed by atoms with Gasteiger partial charge in [0.1, 0.15) is 16.9 Å². The second-order valence-electron chi connectivity index (χ2n) is 5.38. The predicted molar refractivity (Wildman–Crippen MR) is 72.4 cm³/mol. The molecular weight excluding hydrogens is 263 g/mol.